The van der Waals surface area contributed by atoms with Gasteiger partial charge >= 0.3 is 12.4 Å². The Hall–Kier alpha value is -4.32. The maximum atomic E-state index is 12.9. The minimum absolute atomic E-state index is 0.0893. The van der Waals surface area contributed by atoms with E-state index in [0.717, 1.165) is 53.5 Å². The number of nitrogens with one attached hydrogen (secondary N) is 1. The maximum Gasteiger partial charge on any atom is 0.573 e. The fourth-order valence-electron chi connectivity index (χ4n) is 5.18. The van der Waals surface area contributed by atoms with Gasteiger partial charge < -0.3 is 15.0 Å². The number of rotatable bonds is 10. The van der Waals surface area contributed by atoms with E-state index in [0.29, 0.717) is 18.1 Å². The van der Waals surface area contributed by atoms with Crippen molar-refractivity contribution in [1.82, 2.24) is 20.1 Å². The first-order valence-corrected chi connectivity index (χ1v) is 15.9. The molecule has 3 aromatic carbocycles. The predicted molar refractivity (Wildman–Crippen MR) is 172 cm³/mol. The Bertz CT molecular complexity index is 1640. The van der Waals surface area contributed by atoms with Gasteiger partial charge in [-0.2, -0.15) is 4.99 Å². The summed E-state index contributed by atoms with van der Waals surface area (Å²) in [6.07, 6.45) is -0.403. The van der Waals surface area contributed by atoms with E-state index in [1.807, 2.05) is 24.3 Å². The van der Waals surface area contributed by atoms with Crippen molar-refractivity contribution >= 4 is 28.6 Å². The molecule has 0 saturated carbocycles. The number of amidine groups is 1. The van der Waals surface area contributed by atoms with Crippen LogP contribution in [-0.4, -0.2) is 51.2 Å². The molecule has 2 heterocycles. The number of aromatic nitrogens is 3. The second kappa shape index (κ2) is 14.2. The molecule has 4 aromatic rings. The molecule has 1 N–H and O–H groups in total. The quantitative estimate of drug-likeness (QED) is 0.191. The number of anilines is 1. The van der Waals surface area contributed by atoms with E-state index >= 15 is 0 Å². The van der Waals surface area contributed by atoms with Gasteiger partial charge in [0.05, 0.1) is 5.69 Å². The number of thioether (sulfide) groups is 1. The number of urea groups is 1. The van der Waals surface area contributed by atoms with E-state index in [2.05, 4.69) is 69.0 Å². The molecule has 1 saturated heterocycles. The van der Waals surface area contributed by atoms with Crippen molar-refractivity contribution < 1.29 is 22.7 Å². The zero-order valence-corrected chi connectivity index (χ0v) is 26.2. The van der Waals surface area contributed by atoms with Crippen LogP contribution in [0.25, 0.3) is 17.1 Å². The molecule has 2 amide bonds. The Morgan fingerprint density at radius 3 is 2.53 bits per heavy atom. The second-order valence-corrected chi connectivity index (χ2v) is 11.8. The van der Waals surface area contributed by atoms with E-state index in [4.69, 9.17) is 0 Å². The Morgan fingerprint density at radius 1 is 1.09 bits per heavy atom. The molecule has 1 fully saturated rings. The number of amides is 2. The number of benzene rings is 3. The number of aliphatic imine (C=N–C) groups is 1. The number of aryl methyl sites for hydroxylation is 2. The van der Waals surface area contributed by atoms with E-state index < -0.39 is 6.36 Å². The normalized spacial score (nSPS) is 15.0. The van der Waals surface area contributed by atoms with Gasteiger partial charge in [-0.15, -0.1) is 18.3 Å². The molecule has 1 aliphatic rings. The van der Waals surface area contributed by atoms with Crippen molar-refractivity contribution in [1.29, 1.82) is 0 Å². The van der Waals surface area contributed by atoms with Crippen LogP contribution in [0.3, 0.4) is 0 Å². The Morgan fingerprint density at radius 2 is 1.84 bits per heavy atom. The SMILES string of the molecule is CCCc1ccc(C)cc1N1CCSC1=NC(=O)NCC(CC)c1ccc(-c2ncn(-c3ccc(OC(F)(F)F)cc3)n2)cc1. The van der Waals surface area contributed by atoms with Crippen molar-refractivity contribution in [3.63, 3.8) is 0 Å². The van der Waals surface area contributed by atoms with Gasteiger partial charge in [-0.25, -0.2) is 14.5 Å². The summed E-state index contributed by atoms with van der Waals surface area (Å²) < 4.78 is 42.7. The van der Waals surface area contributed by atoms with Crippen LogP contribution >= 0.6 is 11.8 Å². The second-order valence-electron chi connectivity index (χ2n) is 10.7. The van der Waals surface area contributed by atoms with Crippen LogP contribution in [0.5, 0.6) is 5.75 Å². The van der Waals surface area contributed by atoms with Crippen LogP contribution < -0.4 is 15.0 Å². The summed E-state index contributed by atoms with van der Waals surface area (Å²) in [6.45, 7) is 7.58. The molecule has 1 aliphatic heterocycles. The number of hydrogen-bond acceptors (Lipinski definition) is 5. The van der Waals surface area contributed by atoms with Gasteiger partial charge in [-0.1, -0.05) is 68.4 Å². The van der Waals surface area contributed by atoms with E-state index in [-0.39, 0.29) is 17.7 Å². The van der Waals surface area contributed by atoms with Crippen molar-refractivity contribution in [2.75, 3.05) is 23.7 Å². The fraction of sp³-hybridized carbons (Fsp3) is 0.333. The lowest BCUT2D eigenvalue weighted by molar-refractivity contribution is -0.274. The van der Waals surface area contributed by atoms with E-state index in [1.165, 1.54) is 46.4 Å². The Labute approximate surface area is 264 Å². The molecule has 45 heavy (non-hydrogen) atoms. The minimum atomic E-state index is -4.75. The molecule has 1 atom stereocenters. The third-order valence-corrected chi connectivity index (χ3v) is 8.44. The number of nitrogens with zero attached hydrogens (tertiary/aromatic N) is 5. The molecular weight excluding hydrogens is 601 g/mol. The van der Waals surface area contributed by atoms with Crippen LogP contribution in [0.15, 0.2) is 78.0 Å². The molecule has 1 aromatic heterocycles. The van der Waals surface area contributed by atoms with Gasteiger partial charge in [0.25, 0.3) is 0 Å². The standard InChI is InChI=1S/C33H35F3N6O2S/c1-4-6-25-8-7-22(3)19-29(25)41-17-18-45-32(41)39-31(43)37-20-23(5-2)24-9-11-26(12-10-24)30-38-21-42(40-30)27-13-15-28(16-14-27)44-33(34,35)36/h7-16,19,21,23H,4-6,17-18,20H2,1-3H3,(H,37,43). The molecule has 236 valence electrons. The zero-order chi connectivity index (χ0) is 32.0. The number of carbonyl (C=O) groups excluding carboxylic acids is 1. The van der Waals surface area contributed by atoms with Gasteiger partial charge in [-0.3, -0.25) is 0 Å². The van der Waals surface area contributed by atoms with Gasteiger partial charge in [0.2, 0.25) is 0 Å². The molecule has 0 bridgehead atoms. The van der Waals surface area contributed by atoms with Crippen LogP contribution in [0.4, 0.5) is 23.7 Å². The van der Waals surface area contributed by atoms with Crippen LogP contribution in [0, 0.1) is 6.92 Å². The lowest BCUT2D eigenvalue weighted by Gasteiger charge is -2.22. The van der Waals surface area contributed by atoms with E-state index in [9.17, 15) is 18.0 Å². The first-order chi connectivity index (χ1) is 21.6. The summed E-state index contributed by atoms with van der Waals surface area (Å²) in [5, 5.41) is 8.20. The summed E-state index contributed by atoms with van der Waals surface area (Å²) in [5.74, 6) is 1.14. The molecule has 12 heteroatoms. The molecule has 8 nitrogen and oxygen atoms in total. The highest BCUT2D eigenvalue weighted by Gasteiger charge is 2.31. The highest BCUT2D eigenvalue weighted by molar-refractivity contribution is 8.14. The largest absolute Gasteiger partial charge is 0.573 e. The van der Waals surface area contributed by atoms with Crippen molar-refractivity contribution in [3.05, 3.63) is 89.7 Å². The first-order valence-electron chi connectivity index (χ1n) is 14.9. The van der Waals surface area contributed by atoms with Gasteiger partial charge in [0, 0.05) is 36.0 Å². The summed E-state index contributed by atoms with van der Waals surface area (Å²) in [7, 11) is 0. The summed E-state index contributed by atoms with van der Waals surface area (Å²) in [6, 6.07) is 19.4. The summed E-state index contributed by atoms with van der Waals surface area (Å²) in [4.78, 5) is 23.9. The molecule has 0 radical (unpaired) electrons. The lowest BCUT2D eigenvalue weighted by Crippen LogP contribution is -2.30. The van der Waals surface area contributed by atoms with Crippen molar-refractivity contribution in [2.45, 2.75) is 52.3 Å². The summed E-state index contributed by atoms with van der Waals surface area (Å²) >= 11 is 1.60. The van der Waals surface area contributed by atoms with Gasteiger partial charge in [0.15, 0.2) is 11.0 Å². The molecule has 0 aliphatic carbocycles. The third kappa shape index (κ3) is 8.24. The number of hydrogen-bond donors (Lipinski definition) is 1. The first kappa shape index (κ1) is 32.1. The predicted octanol–water partition coefficient (Wildman–Crippen LogP) is 7.91. The molecule has 1 unspecified atom stereocenters. The van der Waals surface area contributed by atoms with Crippen molar-refractivity contribution in [3.8, 4) is 22.8 Å². The maximum absolute atomic E-state index is 12.9. The fourth-order valence-corrected chi connectivity index (χ4v) is 6.13. The Kier molecular flexibility index (Phi) is 10.1. The van der Waals surface area contributed by atoms with Crippen LogP contribution in [0.1, 0.15) is 49.3 Å². The smallest absolute Gasteiger partial charge is 0.406 e. The van der Waals surface area contributed by atoms with Crippen LogP contribution in [-0.2, 0) is 6.42 Å². The number of ether oxygens (including phenoxy) is 1. The topological polar surface area (TPSA) is 84.6 Å². The zero-order valence-electron chi connectivity index (χ0n) is 25.3. The van der Waals surface area contributed by atoms with Crippen LogP contribution in [0.2, 0.25) is 0 Å². The number of carbonyl (C=O) groups is 1. The third-order valence-electron chi connectivity index (χ3n) is 7.48. The molecular formula is C33H35F3N6O2S. The average molecular weight is 637 g/mol. The number of alkyl halides is 3. The highest BCUT2D eigenvalue weighted by atomic mass is 32.2. The Balaban J connectivity index is 1.21. The monoisotopic (exact) mass is 636 g/mol. The summed E-state index contributed by atoms with van der Waals surface area (Å²) in [5.41, 5.74) is 5.98. The molecule has 0 spiro atoms. The minimum Gasteiger partial charge on any atom is -0.406 e. The van der Waals surface area contributed by atoms with E-state index in [1.54, 1.807) is 11.8 Å². The van der Waals surface area contributed by atoms with Crippen molar-refractivity contribution in [2.24, 2.45) is 4.99 Å². The van der Waals surface area contributed by atoms with Gasteiger partial charge in [-0.05, 0) is 66.8 Å². The lowest BCUT2D eigenvalue weighted by atomic mass is 9.95. The number of halogens is 3. The van der Waals surface area contributed by atoms with Gasteiger partial charge in [0.1, 0.15) is 12.1 Å². The molecule has 5 rings (SSSR count). The highest BCUT2D eigenvalue weighted by Crippen LogP contribution is 2.31. The average Bonchev–Trinajstić information content (AvgIpc) is 3.69.